The number of amides is 1. The van der Waals surface area contributed by atoms with E-state index in [1.54, 1.807) is 4.72 Å². The normalized spacial score (nSPS) is 19.9. The summed E-state index contributed by atoms with van der Waals surface area (Å²) in [5, 5.41) is 2.35. The zero-order chi connectivity index (χ0) is 39.9. The van der Waals surface area contributed by atoms with Crippen molar-refractivity contribution in [3.8, 4) is 0 Å². The van der Waals surface area contributed by atoms with E-state index in [0.717, 1.165) is 41.5 Å². The Morgan fingerprint density at radius 1 is 0.750 bits per heavy atom. The van der Waals surface area contributed by atoms with Crippen molar-refractivity contribution in [2.45, 2.75) is 125 Å². The smallest absolute Gasteiger partial charge is 0.347 e. The van der Waals surface area contributed by atoms with Crippen LogP contribution in [-0.2, 0) is 81.8 Å². The van der Waals surface area contributed by atoms with E-state index in [2.05, 4.69) is 10.1 Å². The summed E-state index contributed by atoms with van der Waals surface area (Å²) >= 11 is 0.491. The highest BCUT2D eigenvalue weighted by Crippen LogP contribution is 2.42. The van der Waals surface area contributed by atoms with E-state index < -0.39 is 114 Å². The molecule has 52 heavy (non-hydrogen) atoms. The second kappa shape index (κ2) is 18.1. The number of ether oxygens (including phenoxy) is 6. The number of rotatable bonds is 16. The van der Waals surface area contributed by atoms with Crippen molar-refractivity contribution in [3.05, 3.63) is 11.6 Å². The van der Waals surface area contributed by atoms with Gasteiger partial charge >= 0.3 is 35.8 Å². The number of carbonyl (C=O) groups is 7. The molecule has 1 amide bonds. The van der Waals surface area contributed by atoms with E-state index in [9.17, 15) is 50.4 Å². The number of fused-ring (bicyclic) bond motifs is 1. The van der Waals surface area contributed by atoms with Gasteiger partial charge in [0, 0.05) is 18.5 Å². The number of esters is 6. The Bertz CT molecular complexity index is 1770. The van der Waals surface area contributed by atoms with E-state index in [0.29, 0.717) is 17.9 Å². The van der Waals surface area contributed by atoms with Gasteiger partial charge in [0.15, 0.2) is 46.5 Å². The summed E-state index contributed by atoms with van der Waals surface area (Å²) in [5.74, 6) is -8.01. The molecule has 1 aromatic rings. The lowest BCUT2D eigenvalue weighted by Gasteiger charge is -2.27. The monoisotopic (exact) mass is 798 g/mol. The van der Waals surface area contributed by atoms with E-state index in [4.69, 9.17) is 23.7 Å². The van der Waals surface area contributed by atoms with Gasteiger partial charge in [-0.05, 0) is 67.5 Å². The van der Waals surface area contributed by atoms with Crippen LogP contribution in [0.5, 0.6) is 0 Å². The van der Waals surface area contributed by atoms with Crippen LogP contribution in [0.15, 0.2) is 14.5 Å². The molecule has 1 aromatic heterocycles. The Morgan fingerprint density at radius 2 is 1.13 bits per heavy atom. The van der Waals surface area contributed by atoms with Gasteiger partial charge in [-0.15, -0.1) is 11.3 Å². The molecule has 0 saturated heterocycles. The average molecular weight is 799 g/mol. The molecular formula is C30H42N2O17S3. The molecule has 0 aromatic carbocycles. The van der Waals surface area contributed by atoms with Crippen LogP contribution in [0.3, 0.4) is 0 Å². The summed E-state index contributed by atoms with van der Waals surface area (Å²) in [6, 6.07) is 0.750. The highest BCUT2D eigenvalue weighted by Gasteiger charge is 2.40. The first-order valence-corrected chi connectivity index (χ1v) is 19.6. The number of nitrogens with one attached hydrogen (secondary N) is 2. The standard InChI is InChI=1S/C30H42N2O17S3/c1-10-31-22-11-13(2)51(40,41)30-21(22)12-23(50-30)52(42,43)32-24(34)14(3)45-26(36)16(5)47-28(38)18(7)49-29(39)19(8)48-27(37)17(6)46-25(35)15(4)44-20(9)33/h12-19,22,31H,10-11H2,1-9H3,(H,32,34)/t13-,14?,15?,16?,17?,18?,19?,22-/m0/s1. The third kappa shape index (κ3) is 11.4. The number of hydrogen-bond acceptors (Lipinski definition) is 19. The molecule has 8 atom stereocenters. The first-order valence-electron chi connectivity index (χ1n) is 15.8. The number of hydrogen-bond donors (Lipinski definition) is 2. The summed E-state index contributed by atoms with van der Waals surface area (Å²) in [6.07, 6.45) is -9.27. The van der Waals surface area contributed by atoms with Crippen LogP contribution in [0, 0.1) is 0 Å². The SMILES string of the molecule is CCN[C@H]1C[C@H](C)S(=O)(=O)c2sc(S(=O)(=O)NC(=O)C(C)OC(=O)C(C)OC(=O)C(C)OC(=O)C(C)OC(=O)C(C)OC(=O)C(C)OC(C)=O)cc21. The van der Waals surface area contributed by atoms with Gasteiger partial charge in [-0.2, -0.15) is 0 Å². The summed E-state index contributed by atoms with van der Waals surface area (Å²) in [6.45, 7) is 11.5. The lowest BCUT2D eigenvalue weighted by atomic mass is 10.1. The fraction of sp³-hybridized carbons (Fsp3) is 0.633. The van der Waals surface area contributed by atoms with E-state index in [-0.39, 0.29) is 16.2 Å². The van der Waals surface area contributed by atoms with Crippen LogP contribution in [0.4, 0.5) is 0 Å². The molecule has 0 aliphatic carbocycles. The largest absolute Gasteiger partial charge is 0.451 e. The van der Waals surface area contributed by atoms with Gasteiger partial charge in [-0.1, -0.05) is 6.92 Å². The molecule has 0 saturated carbocycles. The number of sulfone groups is 1. The van der Waals surface area contributed by atoms with Crippen LogP contribution in [-0.4, -0.2) is 107 Å². The molecule has 292 valence electrons. The Balaban J connectivity index is 1.92. The molecule has 2 heterocycles. The summed E-state index contributed by atoms with van der Waals surface area (Å²) < 4.78 is 82.1. The number of carbonyl (C=O) groups excluding carboxylic acids is 7. The molecule has 1 aliphatic heterocycles. The predicted octanol–water partition coefficient (Wildman–Crippen LogP) is 0.380. The Hall–Kier alpha value is -4.15. The summed E-state index contributed by atoms with van der Waals surface area (Å²) in [4.78, 5) is 85.2. The van der Waals surface area contributed by atoms with Crippen molar-refractivity contribution in [2.24, 2.45) is 0 Å². The van der Waals surface area contributed by atoms with Crippen LogP contribution >= 0.6 is 11.3 Å². The maximum atomic E-state index is 13.0. The van der Waals surface area contributed by atoms with Crippen LogP contribution in [0.2, 0.25) is 0 Å². The fourth-order valence-corrected chi connectivity index (χ4v) is 9.37. The highest BCUT2D eigenvalue weighted by atomic mass is 32.3. The molecule has 6 unspecified atom stereocenters. The number of sulfonamides is 1. The fourth-order valence-electron chi connectivity index (χ4n) is 4.33. The van der Waals surface area contributed by atoms with Crippen LogP contribution in [0.25, 0.3) is 0 Å². The highest BCUT2D eigenvalue weighted by molar-refractivity contribution is 7.95. The second-order valence-corrected chi connectivity index (χ2v) is 17.1. The number of thiophene rings is 1. The molecule has 2 N–H and O–H groups in total. The van der Waals surface area contributed by atoms with Gasteiger partial charge in [-0.25, -0.2) is 45.5 Å². The molecule has 19 nitrogen and oxygen atoms in total. The maximum Gasteiger partial charge on any atom is 0.347 e. The van der Waals surface area contributed by atoms with E-state index in [1.807, 2.05) is 6.92 Å². The van der Waals surface area contributed by atoms with E-state index >= 15 is 0 Å². The molecule has 0 fully saturated rings. The minimum absolute atomic E-state index is 0.128. The lowest BCUT2D eigenvalue weighted by Crippen LogP contribution is -2.41. The first kappa shape index (κ1) is 44.0. The van der Waals surface area contributed by atoms with Crippen molar-refractivity contribution in [1.29, 1.82) is 0 Å². The molecule has 22 heteroatoms. The zero-order valence-electron chi connectivity index (χ0n) is 29.8. The molecular weight excluding hydrogens is 757 g/mol. The zero-order valence-corrected chi connectivity index (χ0v) is 32.2. The van der Waals surface area contributed by atoms with Crippen molar-refractivity contribution < 1.29 is 78.8 Å². The topological polar surface area (TPSA) is 267 Å². The van der Waals surface area contributed by atoms with Gasteiger partial charge in [0.25, 0.3) is 15.9 Å². The average Bonchev–Trinajstić information content (AvgIpc) is 3.51. The van der Waals surface area contributed by atoms with Crippen LogP contribution < -0.4 is 10.0 Å². The van der Waals surface area contributed by atoms with Crippen molar-refractivity contribution in [1.82, 2.24) is 10.0 Å². The molecule has 0 radical (unpaired) electrons. The summed E-state index contributed by atoms with van der Waals surface area (Å²) in [7, 11) is -8.41. The van der Waals surface area contributed by atoms with Gasteiger partial charge in [0.2, 0.25) is 0 Å². The van der Waals surface area contributed by atoms with Crippen molar-refractivity contribution >= 4 is 72.9 Å². The Labute approximate surface area is 304 Å². The predicted molar refractivity (Wildman–Crippen MR) is 176 cm³/mol. The van der Waals surface area contributed by atoms with Gasteiger partial charge < -0.3 is 33.7 Å². The quantitative estimate of drug-likeness (QED) is 0.169. The molecule has 0 bridgehead atoms. The third-order valence-corrected chi connectivity index (χ3v) is 12.9. The van der Waals surface area contributed by atoms with Crippen molar-refractivity contribution in [2.75, 3.05) is 6.54 Å². The third-order valence-electron chi connectivity index (χ3n) is 7.22. The van der Waals surface area contributed by atoms with Crippen molar-refractivity contribution in [3.63, 3.8) is 0 Å². The van der Waals surface area contributed by atoms with Crippen LogP contribution in [0.1, 0.15) is 80.3 Å². The van der Waals surface area contributed by atoms with Gasteiger partial charge in [0.05, 0.1) is 5.25 Å². The van der Waals surface area contributed by atoms with Gasteiger partial charge in [0.1, 0.15) is 8.42 Å². The summed E-state index contributed by atoms with van der Waals surface area (Å²) in [5.41, 5.74) is 0.268. The minimum atomic E-state index is -4.60. The minimum Gasteiger partial charge on any atom is -0.451 e. The Kier molecular flexibility index (Phi) is 15.3. The first-order chi connectivity index (χ1) is 23.9. The maximum absolute atomic E-state index is 13.0. The Morgan fingerprint density at radius 3 is 1.52 bits per heavy atom. The molecule has 0 spiro atoms. The van der Waals surface area contributed by atoms with Gasteiger partial charge in [-0.3, -0.25) is 9.59 Å². The second-order valence-electron chi connectivity index (χ2n) is 11.6. The van der Waals surface area contributed by atoms with E-state index in [1.165, 1.54) is 19.9 Å². The lowest BCUT2D eigenvalue weighted by molar-refractivity contribution is -0.187. The molecule has 2 rings (SSSR count). The molecule has 1 aliphatic rings.